The van der Waals surface area contributed by atoms with Gasteiger partial charge in [0, 0.05) is 24.7 Å². The molecule has 1 rings (SSSR count). The topological polar surface area (TPSA) is 84.2 Å². The molecule has 0 aliphatic heterocycles. The molecular weight excluding hydrogens is 249 g/mol. The van der Waals surface area contributed by atoms with Gasteiger partial charge < -0.3 is 16.4 Å². The molecule has 1 aromatic rings. The summed E-state index contributed by atoms with van der Waals surface area (Å²) < 4.78 is 13.0. The quantitative estimate of drug-likeness (QED) is 0.697. The number of nitrogens with two attached hydrogens (primary N) is 1. The van der Waals surface area contributed by atoms with Crippen LogP contribution >= 0.6 is 0 Å². The Hall–Kier alpha value is -2.11. The monoisotopic (exact) mass is 267 g/mol. The van der Waals surface area contributed by atoms with Crippen molar-refractivity contribution < 1.29 is 14.0 Å². The van der Waals surface area contributed by atoms with E-state index in [1.807, 2.05) is 13.8 Å². The molecule has 0 bridgehead atoms. The van der Waals surface area contributed by atoms with E-state index in [4.69, 9.17) is 5.73 Å². The van der Waals surface area contributed by atoms with Gasteiger partial charge in [0.25, 0.3) is 5.91 Å². The Labute approximate surface area is 111 Å². The highest BCUT2D eigenvalue weighted by Gasteiger charge is 2.11. The molecule has 6 heteroatoms. The molecule has 0 aromatic heterocycles. The van der Waals surface area contributed by atoms with Crippen LogP contribution in [0.1, 0.15) is 30.6 Å². The van der Waals surface area contributed by atoms with Crippen molar-refractivity contribution >= 4 is 17.5 Å². The van der Waals surface area contributed by atoms with Gasteiger partial charge in [-0.05, 0) is 32.0 Å². The van der Waals surface area contributed by atoms with Crippen LogP contribution in [0.15, 0.2) is 18.2 Å². The van der Waals surface area contributed by atoms with Crippen molar-refractivity contribution in [3.8, 4) is 0 Å². The van der Waals surface area contributed by atoms with Crippen LogP contribution < -0.4 is 16.4 Å². The molecule has 0 aliphatic rings. The lowest BCUT2D eigenvalue weighted by molar-refractivity contribution is -0.121. The Kier molecular flexibility index (Phi) is 5.29. The molecule has 2 amide bonds. The maximum atomic E-state index is 13.0. The van der Waals surface area contributed by atoms with E-state index in [1.165, 1.54) is 12.1 Å². The summed E-state index contributed by atoms with van der Waals surface area (Å²) in [5, 5.41) is 5.23. The number of nitrogens with one attached hydrogen (secondary N) is 2. The number of nitrogen functional groups attached to an aromatic ring is 1. The fourth-order valence-corrected chi connectivity index (χ4v) is 1.50. The summed E-state index contributed by atoms with van der Waals surface area (Å²) in [7, 11) is 0. The predicted octanol–water partition coefficient (Wildman–Crippen LogP) is 1.05. The largest absolute Gasteiger partial charge is 0.398 e. The number of carbonyl (C=O) groups is 2. The molecule has 0 saturated heterocycles. The third-order valence-electron chi connectivity index (χ3n) is 2.35. The highest BCUT2D eigenvalue weighted by atomic mass is 19.1. The maximum absolute atomic E-state index is 13.0. The van der Waals surface area contributed by atoms with Crippen LogP contribution in [0.3, 0.4) is 0 Å². The van der Waals surface area contributed by atoms with E-state index in [1.54, 1.807) is 0 Å². The maximum Gasteiger partial charge on any atom is 0.253 e. The smallest absolute Gasteiger partial charge is 0.253 e. The number of amides is 2. The molecule has 5 nitrogen and oxygen atoms in total. The van der Waals surface area contributed by atoms with E-state index in [-0.39, 0.29) is 36.2 Å². The number of rotatable bonds is 5. The van der Waals surface area contributed by atoms with E-state index in [0.717, 1.165) is 6.07 Å². The average Bonchev–Trinajstić information content (AvgIpc) is 2.31. The van der Waals surface area contributed by atoms with Crippen LogP contribution in [0.4, 0.5) is 10.1 Å². The Balaban J connectivity index is 2.48. The third kappa shape index (κ3) is 4.95. The van der Waals surface area contributed by atoms with Gasteiger partial charge in [0.2, 0.25) is 5.91 Å². The summed E-state index contributed by atoms with van der Waals surface area (Å²) in [6.07, 6.45) is 0.166. The van der Waals surface area contributed by atoms with Gasteiger partial charge >= 0.3 is 0 Å². The van der Waals surface area contributed by atoms with Gasteiger partial charge in [0.1, 0.15) is 5.82 Å². The second-order valence-corrected chi connectivity index (χ2v) is 4.46. The minimum absolute atomic E-state index is 0.0575. The first-order valence-corrected chi connectivity index (χ1v) is 6.02. The van der Waals surface area contributed by atoms with Crippen LogP contribution in [0.5, 0.6) is 0 Å². The predicted molar refractivity (Wildman–Crippen MR) is 71.0 cm³/mol. The zero-order valence-corrected chi connectivity index (χ0v) is 11.0. The number of anilines is 1. The fourth-order valence-electron chi connectivity index (χ4n) is 1.50. The minimum atomic E-state index is -0.531. The van der Waals surface area contributed by atoms with Crippen molar-refractivity contribution in [2.75, 3.05) is 12.3 Å². The van der Waals surface area contributed by atoms with Crippen LogP contribution in [-0.2, 0) is 4.79 Å². The Morgan fingerprint density at radius 3 is 2.68 bits per heavy atom. The highest BCUT2D eigenvalue weighted by molar-refractivity contribution is 5.99. The first-order valence-electron chi connectivity index (χ1n) is 6.02. The number of benzene rings is 1. The lowest BCUT2D eigenvalue weighted by Gasteiger charge is -2.09. The summed E-state index contributed by atoms with van der Waals surface area (Å²) in [6, 6.07) is 3.64. The summed E-state index contributed by atoms with van der Waals surface area (Å²) in [6.45, 7) is 3.88. The van der Waals surface area contributed by atoms with Crippen molar-refractivity contribution in [2.45, 2.75) is 26.3 Å². The molecular formula is C13H18FN3O2. The first kappa shape index (κ1) is 14.9. The number of carbonyl (C=O) groups excluding carboxylic acids is 2. The molecule has 19 heavy (non-hydrogen) atoms. The molecule has 0 spiro atoms. The highest BCUT2D eigenvalue weighted by Crippen LogP contribution is 2.12. The van der Waals surface area contributed by atoms with Crippen LogP contribution in [0.2, 0.25) is 0 Å². The fraction of sp³-hybridized carbons (Fsp3) is 0.385. The normalized spacial score (nSPS) is 10.3. The van der Waals surface area contributed by atoms with Gasteiger partial charge in [-0.1, -0.05) is 0 Å². The standard InChI is InChI=1S/C13H18FN3O2/c1-8(2)17-12(18)5-6-16-13(19)10-7-9(14)3-4-11(10)15/h3-4,7-8H,5-6,15H2,1-2H3,(H,16,19)(H,17,18). The zero-order chi connectivity index (χ0) is 14.4. The SMILES string of the molecule is CC(C)NC(=O)CCNC(=O)c1cc(F)ccc1N. The van der Waals surface area contributed by atoms with Crippen molar-refractivity contribution in [2.24, 2.45) is 0 Å². The van der Waals surface area contributed by atoms with Gasteiger partial charge in [-0.3, -0.25) is 9.59 Å². The molecule has 0 radical (unpaired) electrons. The minimum Gasteiger partial charge on any atom is -0.398 e. The van der Waals surface area contributed by atoms with E-state index in [0.29, 0.717) is 0 Å². The lowest BCUT2D eigenvalue weighted by atomic mass is 10.1. The number of hydrogen-bond acceptors (Lipinski definition) is 3. The second kappa shape index (κ2) is 6.72. The molecule has 4 N–H and O–H groups in total. The molecule has 0 saturated carbocycles. The molecule has 0 unspecified atom stereocenters. The summed E-state index contributed by atoms with van der Waals surface area (Å²) in [4.78, 5) is 23.1. The van der Waals surface area contributed by atoms with E-state index >= 15 is 0 Å². The second-order valence-electron chi connectivity index (χ2n) is 4.46. The van der Waals surface area contributed by atoms with Crippen molar-refractivity contribution in [3.05, 3.63) is 29.6 Å². The Morgan fingerprint density at radius 2 is 2.05 bits per heavy atom. The van der Waals surface area contributed by atoms with Gasteiger partial charge in [-0.25, -0.2) is 4.39 Å². The van der Waals surface area contributed by atoms with Crippen molar-refractivity contribution in [1.82, 2.24) is 10.6 Å². The Bertz CT molecular complexity index is 475. The molecule has 0 aliphatic carbocycles. The lowest BCUT2D eigenvalue weighted by Crippen LogP contribution is -2.34. The molecule has 0 fully saturated rings. The average molecular weight is 267 g/mol. The van der Waals surface area contributed by atoms with Gasteiger partial charge in [0.05, 0.1) is 5.56 Å². The van der Waals surface area contributed by atoms with Crippen LogP contribution in [0.25, 0.3) is 0 Å². The first-order chi connectivity index (χ1) is 8.90. The van der Waals surface area contributed by atoms with Gasteiger partial charge in [0.15, 0.2) is 0 Å². The van der Waals surface area contributed by atoms with E-state index in [2.05, 4.69) is 10.6 Å². The van der Waals surface area contributed by atoms with Crippen LogP contribution in [0, 0.1) is 5.82 Å². The summed E-state index contributed by atoms with van der Waals surface area (Å²) >= 11 is 0. The third-order valence-corrected chi connectivity index (χ3v) is 2.35. The number of hydrogen-bond donors (Lipinski definition) is 3. The number of halogens is 1. The van der Waals surface area contributed by atoms with Crippen molar-refractivity contribution in [1.29, 1.82) is 0 Å². The van der Waals surface area contributed by atoms with E-state index in [9.17, 15) is 14.0 Å². The zero-order valence-electron chi connectivity index (χ0n) is 11.0. The summed E-state index contributed by atoms with van der Waals surface area (Å²) in [5.41, 5.74) is 5.85. The van der Waals surface area contributed by atoms with Gasteiger partial charge in [-0.15, -0.1) is 0 Å². The van der Waals surface area contributed by atoms with E-state index < -0.39 is 11.7 Å². The molecule has 0 heterocycles. The van der Waals surface area contributed by atoms with Gasteiger partial charge in [-0.2, -0.15) is 0 Å². The summed E-state index contributed by atoms with van der Waals surface area (Å²) in [5.74, 6) is -1.17. The molecule has 1 aromatic carbocycles. The molecule has 0 atom stereocenters. The van der Waals surface area contributed by atoms with Crippen molar-refractivity contribution in [3.63, 3.8) is 0 Å². The molecule has 104 valence electrons. The van der Waals surface area contributed by atoms with Crippen LogP contribution in [-0.4, -0.2) is 24.4 Å². The Morgan fingerprint density at radius 1 is 1.37 bits per heavy atom.